The first kappa shape index (κ1) is 15.7. The molecule has 1 saturated carbocycles. The number of hydrogen-bond acceptors (Lipinski definition) is 4. The summed E-state index contributed by atoms with van der Waals surface area (Å²) in [6.45, 7) is 10.2. The molecule has 0 radical (unpaired) electrons. The molecule has 2 unspecified atom stereocenters. The first-order valence-corrected chi connectivity index (χ1v) is 7.43. The standard InChI is InChI=1S/C16H24N2O3/c1-9-6-12(8-16(4,5)7-9)21-14-13(15(19)20)10(2)11(3)17-18-14/h9,12H,6-8H2,1-5H3,(H,19,20). The lowest BCUT2D eigenvalue weighted by Crippen LogP contribution is -2.35. The van der Waals surface area contributed by atoms with E-state index >= 15 is 0 Å². The van der Waals surface area contributed by atoms with Gasteiger partial charge in [-0.05, 0) is 50.0 Å². The molecule has 0 bridgehead atoms. The van der Waals surface area contributed by atoms with Crippen LogP contribution < -0.4 is 4.74 Å². The van der Waals surface area contributed by atoms with Crippen molar-refractivity contribution in [3.05, 3.63) is 16.8 Å². The van der Waals surface area contributed by atoms with E-state index in [1.54, 1.807) is 13.8 Å². The molecule has 0 aliphatic heterocycles. The Hall–Kier alpha value is -1.65. The van der Waals surface area contributed by atoms with Gasteiger partial charge in [-0.15, -0.1) is 5.10 Å². The zero-order valence-electron chi connectivity index (χ0n) is 13.4. The van der Waals surface area contributed by atoms with Gasteiger partial charge in [0.1, 0.15) is 11.7 Å². The van der Waals surface area contributed by atoms with Crippen LogP contribution in [0.4, 0.5) is 0 Å². The van der Waals surface area contributed by atoms with Gasteiger partial charge < -0.3 is 9.84 Å². The molecule has 0 saturated heterocycles. The van der Waals surface area contributed by atoms with Crippen LogP contribution in [0.5, 0.6) is 5.88 Å². The van der Waals surface area contributed by atoms with Gasteiger partial charge in [0.2, 0.25) is 5.88 Å². The maximum absolute atomic E-state index is 11.5. The molecule has 2 rings (SSSR count). The fraction of sp³-hybridized carbons (Fsp3) is 0.688. The molecule has 1 aromatic rings. The summed E-state index contributed by atoms with van der Waals surface area (Å²) in [5.74, 6) is -0.296. The smallest absolute Gasteiger partial charge is 0.341 e. The number of hydrogen-bond donors (Lipinski definition) is 1. The van der Waals surface area contributed by atoms with Crippen LogP contribution in [0, 0.1) is 25.2 Å². The third-order valence-electron chi connectivity index (χ3n) is 4.26. The average molecular weight is 292 g/mol. The molecule has 21 heavy (non-hydrogen) atoms. The van der Waals surface area contributed by atoms with Crippen molar-refractivity contribution in [2.24, 2.45) is 11.3 Å². The van der Waals surface area contributed by atoms with E-state index in [1.807, 2.05) is 0 Å². The van der Waals surface area contributed by atoms with E-state index in [4.69, 9.17) is 4.74 Å². The number of aromatic nitrogens is 2. The van der Waals surface area contributed by atoms with E-state index in [-0.39, 0.29) is 23.0 Å². The number of nitrogens with zero attached hydrogens (tertiary/aromatic N) is 2. The molecule has 0 amide bonds. The van der Waals surface area contributed by atoms with Gasteiger partial charge in [-0.2, -0.15) is 5.10 Å². The molecule has 1 aliphatic rings. The third-order valence-corrected chi connectivity index (χ3v) is 4.26. The Morgan fingerprint density at radius 2 is 1.95 bits per heavy atom. The molecule has 5 nitrogen and oxygen atoms in total. The molecule has 2 atom stereocenters. The van der Waals surface area contributed by atoms with Crippen LogP contribution in [0.3, 0.4) is 0 Å². The summed E-state index contributed by atoms with van der Waals surface area (Å²) in [6, 6.07) is 0. The molecule has 0 spiro atoms. The fourth-order valence-corrected chi connectivity index (χ4v) is 3.43. The first-order valence-electron chi connectivity index (χ1n) is 7.43. The topological polar surface area (TPSA) is 72.3 Å². The number of rotatable bonds is 3. The van der Waals surface area contributed by atoms with Gasteiger partial charge in [0.15, 0.2) is 0 Å². The van der Waals surface area contributed by atoms with Gasteiger partial charge in [-0.1, -0.05) is 20.8 Å². The normalized spacial score (nSPS) is 24.6. The Labute approximate surface area is 125 Å². The van der Waals surface area contributed by atoms with Gasteiger partial charge >= 0.3 is 5.97 Å². The molecule has 0 aromatic carbocycles. The molecule has 1 heterocycles. The van der Waals surface area contributed by atoms with Crippen molar-refractivity contribution in [3.63, 3.8) is 0 Å². The minimum atomic E-state index is -1.01. The van der Waals surface area contributed by atoms with Crippen molar-refractivity contribution in [1.29, 1.82) is 0 Å². The molecule has 5 heteroatoms. The van der Waals surface area contributed by atoms with Gasteiger partial charge in [0.05, 0.1) is 5.69 Å². The second-order valence-corrected chi connectivity index (χ2v) is 7.05. The molecule has 1 fully saturated rings. The van der Waals surface area contributed by atoms with E-state index in [1.165, 1.54) is 0 Å². The maximum Gasteiger partial charge on any atom is 0.341 e. The second-order valence-electron chi connectivity index (χ2n) is 7.05. The average Bonchev–Trinajstić information content (AvgIpc) is 2.30. The highest BCUT2D eigenvalue weighted by Crippen LogP contribution is 2.40. The molecular weight excluding hydrogens is 268 g/mol. The maximum atomic E-state index is 11.5. The third kappa shape index (κ3) is 3.52. The van der Waals surface area contributed by atoms with Crippen molar-refractivity contribution in [3.8, 4) is 5.88 Å². The summed E-state index contributed by atoms with van der Waals surface area (Å²) in [5, 5.41) is 17.4. The van der Waals surface area contributed by atoms with Crippen molar-refractivity contribution >= 4 is 5.97 Å². The predicted octanol–water partition coefficient (Wildman–Crippen LogP) is 3.39. The number of aryl methyl sites for hydroxylation is 1. The minimum Gasteiger partial charge on any atom is -0.477 e. The fourth-order valence-electron chi connectivity index (χ4n) is 3.43. The van der Waals surface area contributed by atoms with Crippen molar-refractivity contribution in [2.75, 3.05) is 0 Å². The number of ether oxygens (including phenoxy) is 1. The zero-order valence-corrected chi connectivity index (χ0v) is 13.4. The molecule has 116 valence electrons. The highest BCUT2D eigenvalue weighted by molar-refractivity contribution is 5.92. The Morgan fingerprint density at radius 3 is 2.52 bits per heavy atom. The summed E-state index contributed by atoms with van der Waals surface area (Å²) in [6.07, 6.45) is 3.00. The highest BCUT2D eigenvalue weighted by Gasteiger charge is 2.34. The number of carboxylic acid groups (broad SMARTS) is 1. The van der Waals surface area contributed by atoms with Crippen molar-refractivity contribution < 1.29 is 14.6 Å². The minimum absolute atomic E-state index is 0.00161. The Balaban J connectivity index is 2.27. The van der Waals surface area contributed by atoms with E-state index in [9.17, 15) is 9.90 Å². The lowest BCUT2D eigenvalue weighted by atomic mass is 9.71. The first-order chi connectivity index (χ1) is 9.69. The predicted molar refractivity (Wildman–Crippen MR) is 79.7 cm³/mol. The number of aromatic carboxylic acids is 1. The quantitative estimate of drug-likeness (QED) is 0.924. The van der Waals surface area contributed by atoms with Crippen LogP contribution in [0.15, 0.2) is 0 Å². The van der Waals surface area contributed by atoms with E-state index < -0.39 is 5.97 Å². The van der Waals surface area contributed by atoms with Gasteiger partial charge in [0, 0.05) is 0 Å². The van der Waals surface area contributed by atoms with Crippen LogP contribution in [0.25, 0.3) is 0 Å². The Morgan fingerprint density at radius 1 is 1.29 bits per heavy atom. The van der Waals surface area contributed by atoms with Crippen molar-refractivity contribution in [1.82, 2.24) is 10.2 Å². The lowest BCUT2D eigenvalue weighted by molar-refractivity contribution is 0.0495. The van der Waals surface area contributed by atoms with Crippen LogP contribution in [0.1, 0.15) is 61.6 Å². The zero-order chi connectivity index (χ0) is 15.8. The Bertz CT molecular complexity index is 555. The molecular formula is C16H24N2O3. The van der Waals surface area contributed by atoms with Crippen LogP contribution in [-0.2, 0) is 0 Å². The summed E-state index contributed by atoms with van der Waals surface area (Å²) in [4.78, 5) is 11.5. The Kier molecular flexibility index (Phi) is 4.21. The van der Waals surface area contributed by atoms with Crippen molar-refractivity contribution in [2.45, 2.75) is 60.0 Å². The highest BCUT2D eigenvalue weighted by atomic mass is 16.5. The lowest BCUT2D eigenvalue weighted by Gasteiger charge is -2.38. The van der Waals surface area contributed by atoms with E-state index in [2.05, 4.69) is 31.0 Å². The monoisotopic (exact) mass is 292 g/mol. The van der Waals surface area contributed by atoms with Crippen LogP contribution in [0.2, 0.25) is 0 Å². The van der Waals surface area contributed by atoms with Gasteiger partial charge in [0.25, 0.3) is 0 Å². The number of carbonyl (C=O) groups is 1. The summed E-state index contributed by atoms with van der Waals surface area (Å²) < 4.78 is 5.94. The summed E-state index contributed by atoms with van der Waals surface area (Å²) >= 11 is 0. The number of carboxylic acids is 1. The van der Waals surface area contributed by atoms with Crippen LogP contribution >= 0.6 is 0 Å². The van der Waals surface area contributed by atoms with Gasteiger partial charge in [-0.3, -0.25) is 0 Å². The van der Waals surface area contributed by atoms with Gasteiger partial charge in [-0.25, -0.2) is 4.79 Å². The SMILES string of the molecule is Cc1nnc(OC2CC(C)CC(C)(C)C2)c(C(=O)O)c1C. The summed E-state index contributed by atoms with van der Waals surface area (Å²) in [7, 11) is 0. The largest absolute Gasteiger partial charge is 0.477 e. The van der Waals surface area contributed by atoms with Crippen LogP contribution in [-0.4, -0.2) is 27.4 Å². The molecule has 1 aromatic heterocycles. The van der Waals surface area contributed by atoms with E-state index in [0.717, 1.165) is 19.3 Å². The molecule has 1 N–H and O–H groups in total. The summed E-state index contributed by atoms with van der Waals surface area (Å²) in [5.41, 5.74) is 1.59. The molecule has 1 aliphatic carbocycles. The van der Waals surface area contributed by atoms with E-state index in [0.29, 0.717) is 17.2 Å². The second kappa shape index (κ2) is 5.62.